The number of nitrogens with zero attached hydrogens (tertiary/aromatic N) is 2. The van der Waals surface area contributed by atoms with Gasteiger partial charge in [-0.15, -0.1) is 0 Å². The summed E-state index contributed by atoms with van der Waals surface area (Å²) < 4.78 is 12.8. The molecule has 0 unspecified atom stereocenters. The maximum Gasteiger partial charge on any atom is 0.234 e. The molecule has 72 valence electrons. The van der Waals surface area contributed by atoms with Gasteiger partial charge in [0.1, 0.15) is 5.82 Å². The van der Waals surface area contributed by atoms with Crippen molar-refractivity contribution in [2.45, 2.75) is 6.42 Å². The zero-order chi connectivity index (χ0) is 10.1. The van der Waals surface area contributed by atoms with Crippen LogP contribution in [0.5, 0.6) is 0 Å². The molecule has 1 aliphatic rings. The summed E-state index contributed by atoms with van der Waals surface area (Å²) in [6, 6.07) is 1.18. The smallest absolute Gasteiger partial charge is 0.234 e. The van der Waals surface area contributed by atoms with E-state index < -0.39 is 5.82 Å². The van der Waals surface area contributed by atoms with E-state index in [1.54, 1.807) is 0 Å². The van der Waals surface area contributed by atoms with Gasteiger partial charge in [0, 0.05) is 6.07 Å². The molecule has 5 heteroatoms. The largest absolute Gasteiger partial charge is 0.303 e. The molecule has 0 saturated carbocycles. The lowest BCUT2D eigenvalue weighted by molar-refractivity contribution is -0.121. The number of carbonyl (C=O) groups is 2. The molecule has 2 rings (SSSR count). The average molecular weight is 194 g/mol. The second-order valence-electron chi connectivity index (χ2n) is 3.06. The Hall–Kier alpha value is -1.78. The molecule has 0 aliphatic carbocycles. The summed E-state index contributed by atoms with van der Waals surface area (Å²) in [5, 5.41) is 0. The lowest BCUT2D eigenvalue weighted by Crippen LogP contribution is -2.24. The molecule has 0 bridgehead atoms. The van der Waals surface area contributed by atoms with Crippen LogP contribution in [0.1, 0.15) is 6.42 Å². The predicted octanol–water partition coefficient (Wildman–Crippen LogP) is 0.527. The fourth-order valence-corrected chi connectivity index (χ4v) is 1.37. The lowest BCUT2D eigenvalue weighted by Gasteiger charge is -2.13. The van der Waals surface area contributed by atoms with Crippen LogP contribution in [-0.2, 0) is 9.59 Å². The van der Waals surface area contributed by atoms with Crippen LogP contribution in [0.25, 0.3) is 0 Å². The Labute approximate surface area is 79.4 Å². The highest BCUT2D eigenvalue weighted by molar-refractivity contribution is 6.14. The van der Waals surface area contributed by atoms with E-state index in [-0.39, 0.29) is 24.7 Å². The number of hydrogen-bond donors (Lipinski definition) is 0. The van der Waals surface area contributed by atoms with Crippen LogP contribution < -0.4 is 4.90 Å². The number of pyridine rings is 1. The lowest BCUT2D eigenvalue weighted by atomic mass is 10.3. The molecule has 2 heterocycles. The fraction of sp³-hybridized carbons (Fsp3) is 0.222. The van der Waals surface area contributed by atoms with E-state index in [1.165, 1.54) is 17.2 Å². The van der Waals surface area contributed by atoms with Crippen molar-refractivity contribution in [1.82, 2.24) is 4.98 Å². The first-order chi connectivity index (χ1) is 6.66. The monoisotopic (exact) mass is 194 g/mol. The second-order valence-corrected chi connectivity index (χ2v) is 3.06. The van der Waals surface area contributed by atoms with Gasteiger partial charge in [0.2, 0.25) is 5.91 Å². The maximum absolute atomic E-state index is 12.8. The van der Waals surface area contributed by atoms with Gasteiger partial charge in [-0.3, -0.25) is 14.6 Å². The number of amides is 1. The molecule has 0 aromatic carbocycles. The Bertz CT molecular complexity index is 406. The van der Waals surface area contributed by atoms with Gasteiger partial charge in [0.15, 0.2) is 5.78 Å². The van der Waals surface area contributed by atoms with Crippen LogP contribution in [0.15, 0.2) is 18.5 Å². The SMILES string of the molecule is O=C1CC(=O)N(c2cncc(F)c2)C1. The van der Waals surface area contributed by atoms with Crippen LogP contribution in [-0.4, -0.2) is 23.2 Å². The average Bonchev–Trinajstić information content (AvgIpc) is 2.45. The van der Waals surface area contributed by atoms with Gasteiger partial charge in [-0.1, -0.05) is 0 Å². The summed E-state index contributed by atoms with van der Waals surface area (Å²) >= 11 is 0. The van der Waals surface area contributed by atoms with Gasteiger partial charge < -0.3 is 4.90 Å². The van der Waals surface area contributed by atoms with Crippen molar-refractivity contribution < 1.29 is 14.0 Å². The van der Waals surface area contributed by atoms with Gasteiger partial charge in [0.05, 0.1) is 31.0 Å². The number of aromatic nitrogens is 1. The van der Waals surface area contributed by atoms with Crippen LogP contribution in [0.3, 0.4) is 0 Å². The Morgan fingerprint density at radius 1 is 1.36 bits per heavy atom. The summed E-state index contributed by atoms with van der Waals surface area (Å²) in [5.41, 5.74) is 0.334. The van der Waals surface area contributed by atoms with Gasteiger partial charge in [0.25, 0.3) is 0 Å². The van der Waals surface area contributed by atoms with Crippen LogP contribution in [0, 0.1) is 5.82 Å². The molecule has 1 aromatic heterocycles. The van der Waals surface area contributed by atoms with Crippen molar-refractivity contribution in [2.75, 3.05) is 11.4 Å². The Kier molecular flexibility index (Phi) is 1.99. The first kappa shape index (κ1) is 8.80. The molecule has 0 N–H and O–H groups in total. The standard InChI is InChI=1S/C9H7FN2O2/c10-6-1-7(4-11-3-6)12-5-8(13)2-9(12)14/h1,3-4H,2,5H2. The fourth-order valence-electron chi connectivity index (χ4n) is 1.37. The number of rotatable bonds is 1. The molecular weight excluding hydrogens is 187 g/mol. The molecule has 0 atom stereocenters. The van der Waals surface area contributed by atoms with Crippen molar-refractivity contribution in [3.8, 4) is 0 Å². The highest BCUT2D eigenvalue weighted by Gasteiger charge is 2.28. The molecule has 1 fully saturated rings. The highest BCUT2D eigenvalue weighted by atomic mass is 19.1. The topological polar surface area (TPSA) is 50.3 Å². The van der Waals surface area contributed by atoms with Gasteiger partial charge in [-0.2, -0.15) is 0 Å². The van der Waals surface area contributed by atoms with E-state index in [2.05, 4.69) is 4.98 Å². The molecule has 1 aliphatic heterocycles. The van der Waals surface area contributed by atoms with E-state index in [9.17, 15) is 14.0 Å². The highest BCUT2D eigenvalue weighted by Crippen LogP contribution is 2.18. The van der Waals surface area contributed by atoms with E-state index in [0.717, 1.165) is 6.20 Å². The molecule has 1 aromatic rings. The summed E-state index contributed by atoms with van der Waals surface area (Å²) in [6.45, 7) is 0.0178. The van der Waals surface area contributed by atoms with Crippen LogP contribution >= 0.6 is 0 Å². The van der Waals surface area contributed by atoms with Gasteiger partial charge in [-0.05, 0) is 0 Å². The number of anilines is 1. The number of carbonyl (C=O) groups excluding carboxylic acids is 2. The summed E-state index contributed by atoms with van der Waals surface area (Å²) in [6.07, 6.45) is 2.31. The number of halogens is 1. The molecule has 1 saturated heterocycles. The van der Waals surface area contributed by atoms with Crippen LogP contribution in [0.4, 0.5) is 10.1 Å². The normalized spacial score (nSPS) is 16.5. The third kappa shape index (κ3) is 1.48. The zero-order valence-corrected chi connectivity index (χ0v) is 7.24. The van der Waals surface area contributed by atoms with Crippen molar-refractivity contribution in [3.05, 3.63) is 24.3 Å². The van der Waals surface area contributed by atoms with Crippen molar-refractivity contribution in [1.29, 1.82) is 0 Å². The molecule has 14 heavy (non-hydrogen) atoms. The Morgan fingerprint density at radius 3 is 2.71 bits per heavy atom. The molecule has 0 spiro atoms. The third-order valence-corrected chi connectivity index (χ3v) is 1.99. The molecular formula is C9H7FN2O2. The van der Waals surface area contributed by atoms with Crippen LogP contribution in [0.2, 0.25) is 0 Å². The van der Waals surface area contributed by atoms with Crippen molar-refractivity contribution in [3.63, 3.8) is 0 Å². The maximum atomic E-state index is 12.8. The van der Waals surface area contributed by atoms with Gasteiger partial charge in [-0.25, -0.2) is 4.39 Å². The summed E-state index contributed by atoms with van der Waals surface area (Å²) in [4.78, 5) is 27.0. The third-order valence-electron chi connectivity index (χ3n) is 1.99. The summed E-state index contributed by atoms with van der Waals surface area (Å²) in [7, 11) is 0. The minimum absolute atomic E-state index is 0.0178. The first-order valence-electron chi connectivity index (χ1n) is 4.09. The first-order valence-corrected chi connectivity index (χ1v) is 4.09. The van der Waals surface area contributed by atoms with E-state index in [4.69, 9.17) is 0 Å². The summed E-state index contributed by atoms with van der Waals surface area (Å²) in [5.74, 6) is -0.976. The van der Waals surface area contributed by atoms with Gasteiger partial charge >= 0.3 is 0 Å². The van der Waals surface area contributed by atoms with E-state index >= 15 is 0 Å². The Morgan fingerprint density at radius 2 is 2.14 bits per heavy atom. The second kappa shape index (κ2) is 3.17. The quantitative estimate of drug-likeness (QED) is 0.612. The number of hydrogen-bond acceptors (Lipinski definition) is 3. The number of Topliss-reactive ketones (excluding diaryl/α,β-unsaturated/α-hetero) is 1. The minimum Gasteiger partial charge on any atom is -0.303 e. The molecule has 1 amide bonds. The van der Waals surface area contributed by atoms with E-state index in [0.29, 0.717) is 5.69 Å². The zero-order valence-electron chi connectivity index (χ0n) is 7.24. The van der Waals surface area contributed by atoms with Crippen molar-refractivity contribution in [2.24, 2.45) is 0 Å². The Balaban J connectivity index is 2.31. The van der Waals surface area contributed by atoms with Crippen molar-refractivity contribution >= 4 is 17.4 Å². The predicted molar refractivity (Wildman–Crippen MR) is 46.2 cm³/mol. The minimum atomic E-state index is -0.519. The number of ketones is 1. The molecule has 4 nitrogen and oxygen atoms in total. The van der Waals surface area contributed by atoms with E-state index in [1.807, 2.05) is 0 Å². The molecule has 0 radical (unpaired) electrons.